The van der Waals surface area contributed by atoms with Crippen LogP contribution in [0.15, 0.2) is 59.5 Å². The van der Waals surface area contributed by atoms with Gasteiger partial charge in [-0.2, -0.15) is 4.31 Å². The lowest BCUT2D eigenvalue weighted by atomic mass is 10.2. The molecule has 0 heterocycles. The first-order chi connectivity index (χ1) is 10.9. The summed E-state index contributed by atoms with van der Waals surface area (Å²) in [5.74, 6) is -1.59. The van der Waals surface area contributed by atoms with Crippen molar-refractivity contribution >= 4 is 16.0 Å². The van der Waals surface area contributed by atoms with Crippen LogP contribution in [0.2, 0.25) is 0 Å². The Kier molecular flexibility index (Phi) is 5.46. The van der Waals surface area contributed by atoms with E-state index in [9.17, 15) is 17.6 Å². The van der Waals surface area contributed by atoms with E-state index in [-0.39, 0.29) is 6.54 Å². The molecule has 7 heteroatoms. The standard InChI is InChI=1S/C16H16FNO4S/c1-22-16(19)12-18(11-13-7-3-2-4-8-13)23(20,21)15-10-6-5-9-14(15)17/h2-10H,11-12H2,1H3. The summed E-state index contributed by atoms with van der Waals surface area (Å²) < 4.78 is 44.7. The molecule has 5 nitrogen and oxygen atoms in total. The van der Waals surface area contributed by atoms with Crippen LogP contribution in [0.25, 0.3) is 0 Å². The van der Waals surface area contributed by atoms with Crippen LogP contribution >= 0.6 is 0 Å². The summed E-state index contributed by atoms with van der Waals surface area (Å²) in [6, 6.07) is 13.8. The Hall–Kier alpha value is -2.25. The van der Waals surface area contributed by atoms with Gasteiger partial charge in [-0.25, -0.2) is 12.8 Å². The molecule has 0 aliphatic heterocycles. The van der Waals surface area contributed by atoms with Crippen molar-refractivity contribution in [2.45, 2.75) is 11.4 Å². The maximum absolute atomic E-state index is 13.9. The van der Waals surface area contributed by atoms with E-state index in [4.69, 9.17) is 0 Å². The summed E-state index contributed by atoms with van der Waals surface area (Å²) in [6.45, 7) is -0.561. The van der Waals surface area contributed by atoms with Gasteiger partial charge in [0.25, 0.3) is 0 Å². The monoisotopic (exact) mass is 337 g/mol. The van der Waals surface area contributed by atoms with Crippen molar-refractivity contribution in [1.29, 1.82) is 0 Å². The second-order valence-electron chi connectivity index (χ2n) is 4.77. The van der Waals surface area contributed by atoms with Crippen LogP contribution in [-0.2, 0) is 26.1 Å². The number of esters is 1. The summed E-state index contributed by atoms with van der Waals surface area (Å²) in [5, 5.41) is 0. The fraction of sp³-hybridized carbons (Fsp3) is 0.188. The molecule has 23 heavy (non-hydrogen) atoms. The van der Waals surface area contributed by atoms with Crippen molar-refractivity contribution in [1.82, 2.24) is 4.31 Å². The number of ether oxygens (including phenoxy) is 1. The zero-order valence-corrected chi connectivity index (χ0v) is 13.3. The normalized spacial score (nSPS) is 11.4. The van der Waals surface area contributed by atoms with Gasteiger partial charge in [-0.05, 0) is 17.7 Å². The maximum Gasteiger partial charge on any atom is 0.321 e. The summed E-state index contributed by atoms with van der Waals surface area (Å²) in [4.78, 5) is 11.1. The number of hydrogen-bond acceptors (Lipinski definition) is 4. The van der Waals surface area contributed by atoms with Gasteiger partial charge in [-0.1, -0.05) is 42.5 Å². The van der Waals surface area contributed by atoms with Gasteiger partial charge < -0.3 is 4.74 Å². The van der Waals surface area contributed by atoms with Gasteiger partial charge >= 0.3 is 5.97 Å². The van der Waals surface area contributed by atoms with Crippen molar-refractivity contribution in [3.8, 4) is 0 Å². The molecule has 0 fully saturated rings. The molecule has 0 saturated heterocycles. The summed E-state index contributed by atoms with van der Waals surface area (Å²) in [6.07, 6.45) is 0. The average Bonchev–Trinajstić information content (AvgIpc) is 2.55. The highest BCUT2D eigenvalue weighted by atomic mass is 32.2. The van der Waals surface area contributed by atoms with E-state index >= 15 is 0 Å². The highest BCUT2D eigenvalue weighted by Gasteiger charge is 2.29. The first-order valence-corrected chi connectivity index (χ1v) is 8.24. The predicted octanol–water partition coefficient (Wildman–Crippen LogP) is 2.19. The second-order valence-corrected chi connectivity index (χ2v) is 6.67. The van der Waals surface area contributed by atoms with Crippen LogP contribution in [0.3, 0.4) is 0 Å². The zero-order chi connectivity index (χ0) is 16.9. The molecule has 0 unspecified atom stereocenters. The van der Waals surface area contributed by atoms with Crippen molar-refractivity contribution in [2.75, 3.05) is 13.7 Å². The van der Waals surface area contributed by atoms with Crippen LogP contribution in [0.4, 0.5) is 4.39 Å². The zero-order valence-electron chi connectivity index (χ0n) is 12.5. The van der Waals surface area contributed by atoms with Gasteiger partial charge in [0.1, 0.15) is 17.3 Å². The molecular formula is C16H16FNO4S. The lowest BCUT2D eigenvalue weighted by Gasteiger charge is -2.21. The number of nitrogens with zero attached hydrogens (tertiary/aromatic N) is 1. The Labute approximate surface area is 134 Å². The van der Waals surface area contributed by atoms with Crippen molar-refractivity contribution < 1.29 is 22.3 Å². The fourth-order valence-electron chi connectivity index (χ4n) is 2.01. The first kappa shape index (κ1) is 17.1. The molecule has 0 amide bonds. The molecule has 2 aromatic rings. The van der Waals surface area contributed by atoms with Crippen LogP contribution in [-0.4, -0.2) is 32.3 Å². The first-order valence-electron chi connectivity index (χ1n) is 6.80. The number of hydrogen-bond donors (Lipinski definition) is 0. The molecule has 0 aliphatic rings. The lowest BCUT2D eigenvalue weighted by Crippen LogP contribution is -2.36. The van der Waals surface area contributed by atoms with Gasteiger partial charge in [-0.15, -0.1) is 0 Å². The Morgan fingerprint density at radius 2 is 1.70 bits per heavy atom. The number of sulfonamides is 1. The molecule has 0 radical (unpaired) electrons. The Morgan fingerprint density at radius 3 is 2.30 bits per heavy atom. The molecule has 0 saturated carbocycles. The van der Waals surface area contributed by atoms with Crippen LogP contribution in [0.1, 0.15) is 5.56 Å². The van der Waals surface area contributed by atoms with Crippen LogP contribution in [0.5, 0.6) is 0 Å². The lowest BCUT2D eigenvalue weighted by molar-refractivity contribution is -0.140. The topological polar surface area (TPSA) is 63.7 Å². The molecule has 0 spiro atoms. The van der Waals surface area contributed by atoms with Crippen molar-refractivity contribution in [2.24, 2.45) is 0 Å². The smallest absolute Gasteiger partial charge is 0.321 e. The minimum Gasteiger partial charge on any atom is -0.468 e. The van der Waals surface area contributed by atoms with E-state index < -0.39 is 33.3 Å². The van der Waals surface area contributed by atoms with Gasteiger partial charge in [-0.3, -0.25) is 4.79 Å². The van der Waals surface area contributed by atoms with Crippen LogP contribution in [0, 0.1) is 5.82 Å². The maximum atomic E-state index is 13.9. The summed E-state index contributed by atoms with van der Waals surface area (Å²) in [5.41, 5.74) is 0.677. The van der Waals surface area contributed by atoms with E-state index in [2.05, 4.69) is 4.74 Å². The molecule has 0 bridgehead atoms. The van der Waals surface area contributed by atoms with Gasteiger partial charge in [0.2, 0.25) is 10.0 Å². The van der Waals surface area contributed by atoms with Gasteiger partial charge in [0, 0.05) is 6.54 Å². The van der Waals surface area contributed by atoms with Gasteiger partial charge in [0.15, 0.2) is 0 Å². The molecule has 122 valence electrons. The Balaban J connectivity index is 2.40. The number of carbonyl (C=O) groups is 1. The summed E-state index contributed by atoms with van der Waals surface area (Å²) in [7, 11) is -3.01. The van der Waals surface area contributed by atoms with E-state index in [0.717, 1.165) is 10.4 Å². The third kappa shape index (κ3) is 4.14. The molecular weight excluding hydrogens is 321 g/mol. The SMILES string of the molecule is COC(=O)CN(Cc1ccccc1)S(=O)(=O)c1ccccc1F. The average molecular weight is 337 g/mol. The minimum atomic E-state index is -4.18. The number of rotatable bonds is 6. The minimum absolute atomic E-state index is 0.0629. The summed E-state index contributed by atoms with van der Waals surface area (Å²) >= 11 is 0. The number of methoxy groups -OCH3 is 1. The van der Waals surface area contributed by atoms with E-state index in [1.54, 1.807) is 30.3 Å². The number of benzene rings is 2. The third-order valence-corrected chi connectivity index (χ3v) is 5.01. The van der Waals surface area contributed by atoms with Crippen molar-refractivity contribution in [3.05, 3.63) is 66.0 Å². The fourth-order valence-corrected chi connectivity index (χ4v) is 3.45. The largest absolute Gasteiger partial charge is 0.468 e. The predicted molar refractivity (Wildman–Crippen MR) is 82.5 cm³/mol. The molecule has 0 N–H and O–H groups in total. The van der Waals surface area contributed by atoms with E-state index in [1.165, 1.54) is 25.3 Å². The highest BCUT2D eigenvalue weighted by molar-refractivity contribution is 7.89. The molecule has 0 atom stereocenters. The Bertz CT molecular complexity index is 778. The van der Waals surface area contributed by atoms with Gasteiger partial charge in [0.05, 0.1) is 7.11 Å². The Morgan fingerprint density at radius 1 is 1.09 bits per heavy atom. The molecule has 2 rings (SSSR count). The second kappa shape index (κ2) is 7.34. The van der Waals surface area contributed by atoms with Crippen LogP contribution < -0.4 is 0 Å². The quantitative estimate of drug-likeness (QED) is 0.758. The molecule has 2 aromatic carbocycles. The molecule has 0 aromatic heterocycles. The highest BCUT2D eigenvalue weighted by Crippen LogP contribution is 2.21. The van der Waals surface area contributed by atoms with Crippen molar-refractivity contribution in [3.63, 3.8) is 0 Å². The number of halogens is 1. The number of carbonyl (C=O) groups excluding carboxylic acids is 1. The van der Waals surface area contributed by atoms with E-state index in [1.807, 2.05) is 0 Å². The molecule has 0 aliphatic carbocycles. The third-order valence-electron chi connectivity index (χ3n) is 3.19. The van der Waals surface area contributed by atoms with E-state index in [0.29, 0.717) is 5.56 Å².